The second-order valence-corrected chi connectivity index (χ2v) is 11.6. The molecule has 1 aromatic heterocycles. The molecule has 2 aromatic carbocycles. The highest BCUT2D eigenvalue weighted by molar-refractivity contribution is 5.91. The average Bonchev–Trinajstić information content (AvgIpc) is 2.97. The van der Waals surface area contributed by atoms with E-state index in [4.69, 9.17) is 4.74 Å². The van der Waals surface area contributed by atoms with Crippen LogP contribution in [0.25, 0.3) is 0 Å². The zero-order valence-electron chi connectivity index (χ0n) is 26.5. The summed E-state index contributed by atoms with van der Waals surface area (Å²) >= 11 is 0. The van der Waals surface area contributed by atoms with E-state index in [1.54, 1.807) is 6.92 Å². The van der Waals surface area contributed by atoms with Crippen LogP contribution in [0.15, 0.2) is 67.0 Å². The SMILES string of the molecule is CCCCCCCCCCCCCCOc1ccc(CN(C(C)=O)c2ccc(C[n+]3ccc(C)c(C)c3)cc2)cc1.[Br-]. The minimum absolute atomic E-state index is 0. The molecule has 0 spiro atoms. The predicted octanol–water partition coefficient (Wildman–Crippen LogP) is 6.28. The Kier molecular flexibility index (Phi) is 17.2. The van der Waals surface area contributed by atoms with Crippen LogP contribution in [0.3, 0.4) is 0 Å². The lowest BCUT2D eigenvalue weighted by atomic mass is 10.1. The van der Waals surface area contributed by atoms with E-state index < -0.39 is 0 Å². The molecule has 0 N–H and O–H groups in total. The lowest BCUT2D eigenvalue weighted by molar-refractivity contribution is -0.688. The maximum Gasteiger partial charge on any atom is 0.224 e. The molecule has 1 amide bonds. The minimum atomic E-state index is 0. The molecular weight excluding hydrogens is 584 g/mol. The summed E-state index contributed by atoms with van der Waals surface area (Å²) in [5, 5.41) is 0. The average molecular weight is 638 g/mol. The lowest BCUT2D eigenvalue weighted by Gasteiger charge is -2.21. The van der Waals surface area contributed by atoms with Crippen LogP contribution in [0.1, 0.15) is 113 Å². The van der Waals surface area contributed by atoms with E-state index in [0.717, 1.165) is 36.6 Å². The van der Waals surface area contributed by atoms with E-state index in [9.17, 15) is 4.79 Å². The molecule has 0 saturated carbocycles. The Bertz CT molecular complexity index is 1160. The van der Waals surface area contributed by atoms with Crippen molar-refractivity contribution in [3.05, 3.63) is 89.2 Å². The van der Waals surface area contributed by atoms with Gasteiger partial charge in [-0.3, -0.25) is 4.79 Å². The molecular formula is C37H53BrN2O2. The second kappa shape index (κ2) is 20.3. The third-order valence-corrected chi connectivity index (χ3v) is 8.02. The molecule has 1 heterocycles. The zero-order chi connectivity index (χ0) is 29.3. The first-order valence-electron chi connectivity index (χ1n) is 16.0. The van der Waals surface area contributed by atoms with E-state index >= 15 is 0 Å². The topological polar surface area (TPSA) is 33.4 Å². The first kappa shape index (κ1) is 35.5. The summed E-state index contributed by atoms with van der Waals surface area (Å²) in [6.07, 6.45) is 20.5. The molecule has 3 rings (SSSR count). The van der Waals surface area contributed by atoms with Gasteiger partial charge in [0.2, 0.25) is 5.91 Å². The molecule has 0 unspecified atom stereocenters. The zero-order valence-corrected chi connectivity index (χ0v) is 28.1. The van der Waals surface area contributed by atoms with Gasteiger partial charge in [0, 0.05) is 29.8 Å². The molecule has 0 aliphatic heterocycles. The van der Waals surface area contributed by atoms with Crippen molar-refractivity contribution in [2.75, 3.05) is 11.5 Å². The fraction of sp³-hybridized carbons (Fsp3) is 0.514. The van der Waals surface area contributed by atoms with Crippen molar-refractivity contribution in [3.63, 3.8) is 0 Å². The molecule has 4 nitrogen and oxygen atoms in total. The molecule has 0 fully saturated rings. The monoisotopic (exact) mass is 636 g/mol. The maximum atomic E-state index is 12.5. The van der Waals surface area contributed by atoms with Crippen LogP contribution in [-0.4, -0.2) is 12.5 Å². The number of rotatable bonds is 19. The summed E-state index contributed by atoms with van der Waals surface area (Å²) in [7, 11) is 0. The van der Waals surface area contributed by atoms with Gasteiger partial charge in [-0.15, -0.1) is 0 Å². The molecule has 0 aliphatic carbocycles. The van der Waals surface area contributed by atoms with Crippen LogP contribution in [0.2, 0.25) is 0 Å². The molecule has 42 heavy (non-hydrogen) atoms. The van der Waals surface area contributed by atoms with Crippen LogP contribution >= 0.6 is 0 Å². The summed E-state index contributed by atoms with van der Waals surface area (Å²) in [6.45, 7) is 10.3. The third kappa shape index (κ3) is 13.1. The number of hydrogen-bond donors (Lipinski definition) is 0. The van der Waals surface area contributed by atoms with Gasteiger partial charge in [0.15, 0.2) is 18.9 Å². The quantitative estimate of drug-likeness (QED) is 0.115. The van der Waals surface area contributed by atoms with Crippen molar-refractivity contribution in [3.8, 4) is 5.75 Å². The molecule has 3 aromatic rings. The van der Waals surface area contributed by atoms with Crippen LogP contribution in [0.4, 0.5) is 5.69 Å². The molecule has 0 aliphatic rings. The number of hydrogen-bond acceptors (Lipinski definition) is 2. The first-order chi connectivity index (χ1) is 20.0. The summed E-state index contributed by atoms with van der Waals surface area (Å²) in [5.41, 5.74) is 5.80. The highest BCUT2D eigenvalue weighted by Crippen LogP contribution is 2.21. The fourth-order valence-corrected chi connectivity index (χ4v) is 5.21. The van der Waals surface area contributed by atoms with Crippen molar-refractivity contribution in [1.82, 2.24) is 0 Å². The summed E-state index contributed by atoms with van der Waals surface area (Å²) < 4.78 is 8.18. The largest absolute Gasteiger partial charge is 1.00 e. The third-order valence-electron chi connectivity index (χ3n) is 8.02. The number of pyridine rings is 1. The van der Waals surface area contributed by atoms with Crippen LogP contribution in [-0.2, 0) is 17.9 Å². The lowest BCUT2D eigenvalue weighted by Crippen LogP contribution is -3.00. The van der Waals surface area contributed by atoms with Gasteiger partial charge in [0.25, 0.3) is 0 Å². The van der Waals surface area contributed by atoms with Crippen molar-refractivity contribution in [1.29, 1.82) is 0 Å². The number of aromatic nitrogens is 1. The Hall–Kier alpha value is -2.66. The van der Waals surface area contributed by atoms with Gasteiger partial charge < -0.3 is 26.6 Å². The summed E-state index contributed by atoms with van der Waals surface area (Å²) in [4.78, 5) is 14.3. The highest BCUT2D eigenvalue weighted by atomic mass is 79.9. The molecule has 0 saturated heterocycles. The Labute approximate surface area is 266 Å². The number of benzene rings is 2. The predicted molar refractivity (Wildman–Crippen MR) is 172 cm³/mol. The van der Waals surface area contributed by atoms with E-state index in [1.807, 2.05) is 29.2 Å². The minimum Gasteiger partial charge on any atom is -1.00 e. The highest BCUT2D eigenvalue weighted by Gasteiger charge is 2.13. The number of carbonyl (C=O) groups excluding carboxylic acids is 1. The Balaban J connectivity index is 0.00000616. The number of anilines is 1. The van der Waals surface area contributed by atoms with Crippen molar-refractivity contribution in [2.24, 2.45) is 0 Å². The van der Waals surface area contributed by atoms with E-state index in [0.29, 0.717) is 6.54 Å². The smallest absolute Gasteiger partial charge is 0.224 e. The summed E-state index contributed by atoms with van der Waals surface area (Å²) in [5.74, 6) is 0.938. The van der Waals surface area contributed by atoms with E-state index in [-0.39, 0.29) is 22.9 Å². The van der Waals surface area contributed by atoms with Crippen molar-refractivity contribution in [2.45, 2.75) is 118 Å². The van der Waals surface area contributed by atoms with Gasteiger partial charge in [0.05, 0.1) is 13.2 Å². The standard InChI is InChI=1S/C37H53N2O2.BrH/c1-5-6-7-8-9-10-11-12-13-14-15-16-27-41-37-23-19-35(20-24-37)30-39(33(4)40)36-21-17-34(18-22-36)29-38-26-25-31(2)32(3)28-38;/h17-26,28H,5-16,27,29-30H2,1-4H3;1H/q+1;/p-1. The van der Waals surface area contributed by atoms with Crippen LogP contribution in [0, 0.1) is 13.8 Å². The Morgan fingerprint density at radius 2 is 1.26 bits per heavy atom. The number of amides is 1. The number of halogens is 1. The fourth-order valence-electron chi connectivity index (χ4n) is 5.21. The number of carbonyl (C=O) groups is 1. The number of ether oxygens (including phenoxy) is 1. The van der Waals surface area contributed by atoms with Crippen LogP contribution in [0.5, 0.6) is 5.75 Å². The molecule has 0 bridgehead atoms. The Morgan fingerprint density at radius 3 is 1.81 bits per heavy atom. The van der Waals surface area contributed by atoms with Gasteiger partial charge >= 0.3 is 0 Å². The number of unbranched alkanes of at least 4 members (excludes halogenated alkanes) is 11. The van der Waals surface area contributed by atoms with Gasteiger partial charge in [-0.1, -0.05) is 102 Å². The van der Waals surface area contributed by atoms with Crippen molar-refractivity contribution < 1.29 is 31.1 Å². The maximum absolute atomic E-state index is 12.5. The van der Waals surface area contributed by atoms with Gasteiger partial charge in [-0.25, -0.2) is 4.57 Å². The molecule has 230 valence electrons. The molecule has 0 atom stereocenters. The van der Waals surface area contributed by atoms with E-state index in [1.165, 1.54) is 87.3 Å². The van der Waals surface area contributed by atoms with Gasteiger partial charge in [-0.05, 0) is 55.7 Å². The van der Waals surface area contributed by atoms with Crippen LogP contribution < -0.4 is 31.2 Å². The summed E-state index contributed by atoms with van der Waals surface area (Å²) in [6, 6.07) is 18.7. The second-order valence-electron chi connectivity index (χ2n) is 11.6. The normalized spacial score (nSPS) is 10.8. The molecule has 0 radical (unpaired) electrons. The molecule has 5 heteroatoms. The Morgan fingerprint density at radius 1 is 0.714 bits per heavy atom. The van der Waals surface area contributed by atoms with E-state index in [2.05, 4.69) is 68.1 Å². The first-order valence-corrected chi connectivity index (χ1v) is 16.0. The van der Waals surface area contributed by atoms with Gasteiger partial charge in [0.1, 0.15) is 5.75 Å². The number of nitrogens with zero attached hydrogens (tertiary/aromatic N) is 2. The van der Waals surface area contributed by atoms with Crippen molar-refractivity contribution >= 4 is 11.6 Å². The van der Waals surface area contributed by atoms with Gasteiger partial charge in [-0.2, -0.15) is 0 Å². The number of aryl methyl sites for hydroxylation is 2.